The number of carboxylic acid groups (broad SMARTS) is 1. The van der Waals surface area contributed by atoms with E-state index in [2.05, 4.69) is 0 Å². The Labute approximate surface area is 85.2 Å². The minimum absolute atomic E-state index is 0.201. The molecule has 0 radical (unpaired) electrons. The van der Waals surface area contributed by atoms with Crippen LogP contribution in [0.1, 0.15) is 10.4 Å². The van der Waals surface area contributed by atoms with Gasteiger partial charge in [-0.15, -0.1) is 0 Å². The fourth-order valence-corrected chi connectivity index (χ4v) is 2.27. The Kier molecular flexibility index (Phi) is 2.79. The first kappa shape index (κ1) is 11.0. The highest BCUT2D eigenvalue weighted by molar-refractivity contribution is 7.89. The minimum atomic E-state index is -4.12. The standard InChI is InChI=1S/C7H6ClNO4S/c8-5-3-1-2-4(7(10)11)6(5)14(9,12)13/h1-3H,(H,10,11)(H2,9,12,13). The summed E-state index contributed by atoms with van der Waals surface area (Å²) in [6.45, 7) is 0. The summed E-state index contributed by atoms with van der Waals surface area (Å²) in [5.74, 6) is -1.39. The van der Waals surface area contributed by atoms with Crippen LogP contribution in [0, 0.1) is 0 Å². The number of aromatic carboxylic acids is 1. The second-order valence-corrected chi connectivity index (χ2v) is 4.37. The van der Waals surface area contributed by atoms with Crippen LogP contribution < -0.4 is 5.14 Å². The Morgan fingerprint density at radius 2 is 2.00 bits per heavy atom. The van der Waals surface area contributed by atoms with Crippen LogP contribution in [0.5, 0.6) is 0 Å². The molecule has 14 heavy (non-hydrogen) atoms. The number of rotatable bonds is 2. The summed E-state index contributed by atoms with van der Waals surface area (Å²) in [4.78, 5) is 10.1. The molecule has 0 amide bonds. The molecule has 0 spiro atoms. The third kappa shape index (κ3) is 2.03. The van der Waals surface area contributed by atoms with Gasteiger partial charge in [0, 0.05) is 0 Å². The number of carboxylic acids is 1. The first-order valence-corrected chi connectivity index (χ1v) is 5.31. The van der Waals surface area contributed by atoms with Crippen LogP contribution in [-0.4, -0.2) is 19.5 Å². The van der Waals surface area contributed by atoms with Gasteiger partial charge >= 0.3 is 5.97 Å². The summed E-state index contributed by atoms with van der Waals surface area (Å²) >= 11 is 5.54. The number of halogens is 1. The number of nitrogens with two attached hydrogens (primary N) is 1. The van der Waals surface area contributed by atoms with Crippen molar-refractivity contribution in [1.82, 2.24) is 0 Å². The van der Waals surface area contributed by atoms with E-state index in [4.69, 9.17) is 21.8 Å². The third-order valence-corrected chi connectivity index (χ3v) is 2.92. The predicted molar refractivity (Wildman–Crippen MR) is 49.8 cm³/mol. The topological polar surface area (TPSA) is 97.5 Å². The van der Waals surface area contributed by atoms with Crippen LogP contribution >= 0.6 is 11.6 Å². The lowest BCUT2D eigenvalue weighted by Gasteiger charge is -2.04. The molecule has 0 aromatic heterocycles. The maximum Gasteiger partial charge on any atom is 0.337 e. The van der Waals surface area contributed by atoms with Gasteiger partial charge in [-0.2, -0.15) is 0 Å². The van der Waals surface area contributed by atoms with Gasteiger partial charge in [0.25, 0.3) is 0 Å². The average Bonchev–Trinajstić information content (AvgIpc) is 2.01. The monoisotopic (exact) mass is 235 g/mol. The van der Waals surface area contributed by atoms with E-state index in [9.17, 15) is 13.2 Å². The van der Waals surface area contributed by atoms with Gasteiger partial charge in [-0.3, -0.25) is 0 Å². The second kappa shape index (κ2) is 3.56. The highest BCUT2D eigenvalue weighted by atomic mass is 35.5. The van der Waals surface area contributed by atoms with Crippen LogP contribution in [0.3, 0.4) is 0 Å². The quantitative estimate of drug-likeness (QED) is 0.788. The van der Waals surface area contributed by atoms with Gasteiger partial charge in [-0.05, 0) is 12.1 Å². The normalized spacial score (nSPS) is 11.3. The van der Waals surface area contributed by atoms with E-state index >= 15 is 0 Å². The largest absolute Gasteiger partial charge is 0.478 e. The van der Waals surface area contributed by atoms with Gasteiger partial charge in [0.1, 0.15) is 4.90 Å². The van der Waals surface area contributed by atoms with E-state index in [0.717, 1.165) is 6.07 Å². The molecule has 76 valence electrons. The Morgan fingerprint density at radius 1 is 1.43 bits per heavy atom. The van der Waals surface area contributed by atoms with E-state index in [0.29, 0.717) is 0 Å². The molecule has 0 saturated heterocycles. The van der Waals surface area contributed by atoms with Crippen molar-refractivity contribution < 1.29 is 18.3 Å². The van der Waals surface area contributed by atoms with Crippen molar-refractivity contribution in [3.05, 3.63) is 28.8 Å². The SMILES string of the molecule is NS(=O)(=O)c1c(Cl)cccc1C(=O)O. The number of carbonyl (C=O) groups is 1. The first-order valence-electron chi connectivity index (χ1n) is 3.38. The second-order valence-electron chi connectivity index (χ2n) is 2.47. The molecule has 1 rings (SSSR count). The van der Waals surface area contributed by atoms with Crippen molar-refractivity contribution in [2.24, 2.45) is 5.14 Å². The average molecular weight is 236 g/mol. The van der Waals surface area contributed by atoms with Gasteiger partial charge in [-0.25, -0.2) is 18.4 Å². The van der Waals surface area contributed by atoms with E-state index in [1.807, 2.05) is 0 Å². The lowest BCUT2D eigenvalue weighted by atomic mass is 10.2. The van der Waals surface area contributed by atoms with Crippen molar-refractivity contribution in [3.8, 4) is 0 Å². The Bertz CT molecular complexity index is 482. The summed E-state index contributed by atoms with van der Waals surface area (Å²) in [7, 11) is -4.12. The Balaban J connectivity index is 3.62. The van der Waals surface area contributed by atoms with Gasteiger partial charge < -0.3 is 5.11 Å². The summed E-state index contributed by atoms with van der Waals surface area (Å²) in [5.41, 5.74) is -0.431. The van der Waals surface area contributed by atoms with Gasteiger partial charge in [-0.1, -0.05) is 17.7 Å². The molecule has 7 heteroatoms. The predicted octanol–water partition coefficient (Wildman–Crippen LogP) is 0.686. The molecule has 0 heterocycles. The van der Waals surface area contributed by atoms with Gasteiger partial charge in [0.15, 0.2) is 0 Å². The molecule has 0 atom stereocenters. The maximum absolute atomic E-state index is 11.0. The molecule has 0 aliphatic rings. The number of hydrogen-bond acceptors (Lipinski definition) is 3. The number of sulfonamides is 1. The molecule has 0 fully saturated rings. The third-order valence-electron chi connectivity index (χ3n) is 1.48. The van der Waals surface area contributed by atoms with E-state index in [1.54, 1.807) is 0 Å². The molecular formula is C7H6ClNO4S. The molecule has 0 saturated carbocycles. The fraction of sp³-hybridized carbons (Fsp3) is 0. The lowest BCUT2D eigenvalue weighted by Crippen LogP contribution is -2.17. The fourth-order valence-electron chi connectivity index (χ4n) is 0.966. The molecule has 5 nitrogen and oxygen atoms in total. The molecule has 1 aromatic rings. The van der Waals surface area contributed by atoms with Crippen molar-refractivity contribution in [2.75, 3.05) is 0 Å². The van der Waals surface area contributed by atoms with Crippen LogP contribution in [0.25, 0.3) is 0 Å². The summed E-state index contributed by atoms with van der Waals surface area (Å²) in [5, 5.41) is 13.3. The van der Waals surface area contributed by atoms with Crippen LogP contribution in [0.2, 0.25) is 5.02 Å². The van der Waals surface area contributed by atoms with Gasteiger partial charge in [0.2, 0.25) is 10.0 Å². The summed E-state index contributed by atoms with van der Waals surface area (Å²) in [6.07, 6.45) is 0. The zero-order valence-corrected chi connectivity index (χ0v) is 8.34. The highest BCUT2D eigenvalue weighted by Crippen LogP contribution is 2.23. The molecule has 0 unspecified atom stereocenters. The minimum Gasteiger partial charge on any atom is -0.478 e. The molecule has 0 bridgehead atoms. The smallest absolute Gasteiger partial charge is 0.337 e. The zero-order valence-electron chi connectivity index (χ0n) is 6.77. The summed E-state index contributed by atoms with van der Waals surface area (Å²) < 4.78 is 22.0. The van der Waals surface area contributed by atoms with Crippen molar-refractivity contribution in [3.63, 3.8) is 0 Å². The highest BCUT2D eigenvalue weighted by Gasteiger charge is 2.21. The molecule has 0 aliphatic carbocycles. The van der Waals surface area contributed by atoms with Crippen molar-refractivity contribution in [2.45, 2.75) is 4.90 Å². The number of primary sulfonamides is 1. The first-order chi connectivity index (χ1) is 6.34. The Hall–Kier alpha value is -1.11. The number of benzene rings is 1. The molecule has 0 aliphatic heterocycles. The van der Waals surface area contributed by atoms with Crippen LogP contribution in [0.4, 0.5) is 0 Å². The van der Waals surface area contributed by atoms with Crippen LogP contribution in [-0.2, 0) is 10.0 Å². The van der Waals surface area contributed by atoms with Crippen LogP contribution in [0.15, 0.2) is 23.1 Å². The summed E-state index contributed by atoms with van der Waals surface area (Å²) in [6, 6.07) is 3.71. The molecular weight excluding hydrogens is 230 g/mol. The van der Waals surface area contributed by atoms with Crippen molar-refractivity contribution in [1.29, 1.82) is 0 Å². The number of hydrogen-bond donors (Lipinski definition) is 2. The Morgan fingerprint density at radius 3 is 2.36 bits per heavy atom. The van der Waals surface area contributed by atoms with E-state index < -0.39 is 26.5 Å². The lowest BCUT2D eigenvalue weighted by molar-refractivity contribution is 0.0692. The van der Waals surface area contributed by atoms with Crippen molar-refractivity contribution >= 4 is 27.6 Å². The van der Waals surface area contributed by atoms with Gasteiger partial charge in [0.05, 0.1) is 10.6 Å². The maximum atomic E-state index is 11.0. The molecule has 1 aromatic carbocycles. The van der Waals surface area contributed by atoms with E-state index in [-0.39, 0.29) is 5.02 Å². The molecule has 3 N–H and O–H groups in total. The zero-order chi connectivity index (χ0) is 10.9. The van der Waals surface area contributed by atoms with E-state index in [1.165, 1.54) is 12.1 Å².